The molecule has 0 radical (unpaired) electrons. The molecule has 4 nitrogen and oxygen atoms in total. The number of halogens is 3. The Morgan fingerprint density at radius 1 is 1.33 bits per heavy atom. The highest BCUT2D eigenvalue weighted by molar-refractivity contribution is 7.93. The Kier molecular flexibility index (Phi) is 3.39. The Balaban J connectivity index is 2.83. The molecular formula is C7H11F3N2O2S. The van der Waals surface area contributed by atoms with Crippen molar-refractivity contribution < 1.29 is 22.2 Å². The molecule has 0 bridgehead atoms. The highest BCUT2D eigenvalue weighted by Gasteiger charge is 2.40. The molecule has 0 atom stereocenters. The van der Waals surface area contributed by atoms with Crippen LogP contribution in [0.2, 0.25) is 0 Å². The first kappa shape index (κ1) is 12.4. The van der Waals surface area contributed by atoms with Crippen LogP contribution in [0.25, 0.3) is 0 Å². The molecular weight excluding hydrogens is 233 g/mol. The molecule has 0 aromatic carbocycles. The second-order valence-corrected chi connectivity index (χ2v) is 5.96. The van der Waals surface area contributed by atoms with Crippen molar-refractivity contribution in [3.8, 4) is 0 Å². The van der Waals surface area contributed by atoms with E-state index in [1.165, 1.54) is 0 Å². The molecule has 1 aliphatic heterocycles. The fourth-order valence-corrected chi connectivity index (χ4v) is 3.35. The Hall–Kier alpha value is -0.630. The molecule has 1 amide bonds. The lowest BCUT2D eigenvalue weighted by atomic mass is 10.2. The molecule has 0 aliphatic carbocycles. The van der Waals surface area contributed by atoms with Gasteiger partial charge < -0.3 is 5.73 Å². The number of hydrogen-bond donors (Lipinski definition) is 1. The molecule has 88 valence electrons. The van der Waals surface area contributed by atoms with Gasteiger partial charge in [0.05, 0.1) is 9.73 Å². The van der Waals surface area contributed by atoms with E-state index in [1.54, 1.807) is 0 Å². The van der Waals surface area contributed by atoms with E-state index in [4.69, 9.17) is 5.73 Å². The Morgan fingerprint density at radius 2 is 1.80 bits per heavy atom. The maximum Gasteiger partial charge on any atom is 0.474 e. The standard InChI is InChI=1S/C7H11F3N2O2S/c8-7(9,10)6(13)12-15(14)3-1-5(11)2-4-15/h5H,1-4,11H2. The largest absolute Gasteiger partial charge is 0.474 e. The van der Waals surface area contributed by atoms with E-state index < -0.39 is 21.8 Å². The zero-order valence-electron chi connectivity index (χ0n) is 7.79. The second kappa shape index (κ2) is 4.09. The molecule has 0 aromatic rings. The fraction of sp³-hybridized carbons (Fsp3) is 0.857. The van der Waals surface area contributed by atoms with Crippen molar-refractivity contribution in [3.63, 3.8) is 0 Å². The third-order valence-electron chi connectivity index (χ3n) is 2.11. The summed E-state index contributed by atoms with van der Waals surface area (Å²) in [4.78, 5) is 10.5. The Morgan fingerprint density at radius 3 is 2.20 bits per heavy atom. The smallest absolute Gasteiger partial charge is 0.328 e. The van der Waals surface area contributed by atoms with E-state index in [1.807, 2.05) is 0 Å². The monoisotopic (exact) mass is 244 g/mol. The van der Waals surface area contributed by atoms with Crippen molar-refractivity contribution >= 4 is 15.6 Å². The van der Waals surface area contributed by atoms with Gasteiger partial charge in [-0.1, -0.05) is 0 Å². The van der Waals surface area contributed by atoms with Crippen molar-refractivity contribution in [2.75, 3.05) is 11.5 Å². The Bertz CT molecular complexity index is 357. The first-order valence-electron chi connectivity index (χ1n) is 4.32. The molecule has 8 heteroatoms. The van der Waals surface area contributed by atoms with Gasteiger partial charge in [-0.3, -0.25) is 4.79 Å². The van der Waals surface area contributed by atoms with E-state index >= 15 is 0 Å². The summed E-state index contributed by atoms with van der Waals surface area (Å²) in [6.07, 6.45) is -4.36. The summed E-state index contributed by atoms with van der Waals surface area (Å²) in [6.45, 7) is 0. The van der Waals surface area contributed by atoms with E-state index in [0.717, 1.165) is 0 Å². The van der Waals surface area contributed by atoms with Gasteiger partial charge in [0.2, 0.25) is 0 Å². The fourth-order valence-electron chi connectivity index (χ4n) is 1.21. The third kappa shape index (κ3) is 3.45. The van der Waals surface area contributed by atoms with Crippen LogP contribution in [0.5, 0.6) is 0 Å². The number of carbonyl (C=O) groups is 1. The molecule has 1 fully saturated rings. The molecule has 2 N–H and O–H groups in total. The van der Waals surface area contributed by atoms with Gasteiger partial charge in [-0.25, -0.2) is 4.21 Å². The number of nitrogens with zero attached hydrogens (tertiary/aromatic N) is 1. The molecule has 15 heavy (non-hydrogen) atoms. The summed E-state index contributed by atoms with van der Waals surface area (Å²) in [5.41, 5.74) is 5.50. The summed E-state index contributed by atoms with van der Waals surface area (Å²) in [7, 11) is -3.03. The number of hydrogen-bond acceptors (Lipinski definition) is 3. The van der Waals surface area contributed by atoms with Gasteiger partial charge in [0.15, 0.2) is 0 Å². The van der Waals surface area contributed by atoms with Crippen molar-refractivity contribution in [2.24, 2.45) is 10.1 Å². The predicted octanol–water partition coefficient (Wildman–Crippen LogP) is 0.664. The molecule has 1 aliphatic rings. The van der Waals surface area contributed by atoms with Crippen molar-refractivity contribution in [1.82, 2.24) is 0 Å². The number of rotatable bonds is 0. The van der Waals surface area contributed by atoms with Crippen LogP contribution in [0.15, 0.2) is 4.36 Å². The normalized spacial score (nSPS) is 32.4. The SMILES string of the molecule is NC1CCS(=O)(=NC(=O)C(F)(F)F)CC1. The minimum absolute atomic E-state index is 0.0318. The first-order chi connectivity index (χ1) is 6.73. The summed E-state index contributed by atoms with van der Waals surface area (Å²) in [6, 6.07) is -0.157. The lowest BCUT2D eigenvalue weighted by molar-refractivity contribution is -0.169. The maximum atomic E-state index is 11.9. The highest BCUT2D eigenvalue weighted by Crippen LogP contribution is 2.20. The van der Waals surface area contributed by atoms with Crippen LogP contribution in [0, 0.1) is 0 Å². The highest BCUT2D eigenvalue weighted by atomic mass is 32.2. The number of amides is 1. The lowest BCUT2D eigenvalue weighted by Crippen LogP contribution is -2.34. The average Bonchev–Trinajstić information content (AvgIpc) is 2.09. The average molecular weight is 244 g/mol. The lowest BCUT2D eigenvalue weighted by Gasteiger charge is -2.20. The summed E-state index contributed by atoms with van der Waals surface area (Å²) in [5.74, 6) is -2.32. The molecule has 0 saturated carbocycles. The van der Waals surface area contributed by atoms with Crippen molar-refractivity contribution in [3.05, 3.63) is 0 Å². The van der Waals surface area contributed by atoms with Crippen LogP contribution in [0.4, 0.5) is 13.2 Å². The quantitative estimate of drug-likeness (QED) is 0.680. The van der Waals surface area contributed by atoms with E-state index in [0.29, 0.717) is 12.8 Å². The predicted molar refractivity (Wildman–Crippen MR) is 48.6 cm³/mol. The van der Waals surface area contributed by atoms with Crippen LogP contribution in [0.1, 0.15) is 12.8 Å². The van der Waals surface area contributed by atoms with Gasteiger partial charge in [0, 0.05) is 17.5 Å². The van der Waals surface area contributed by atoms with Crippen LogP contribution in [-0.4, -0.2) is 33.8 Å². The first-order valence-corrected chi connectivity index (χ1v) is 6.17. The van der Waals surface area contributed by atoms with Gasteiger partial charge in [0.25, 0.3) is 0 Å². The van der Waals surface area contributed by atoms with Gasteiger partial charge >= 0.3 is 12.1 Å². The topological polar surface area (TPSA) is 72.5 Å². The van der Waals surface area contributed by atoms with Gasteiger partial charge in [-0.2, -0.15) is 17.5 Å². The molecule has 0 aromatic heterocycles. The maximum absolute atomic E-state index is 11.9. The molecule has 1 rings (SSSR count). The molecule has 0 spiro atoms. The Labute approximate surface area is 85.2 Å². The number of nitrogens with two attached hydrogens (primary N) is 1. The van der Waals surface area contributed by atoms with Crippen LogP contribution in [-0.2, 0) is 14.5 Å². The van der Waals surface area contributed by atoms with Crippen LogP contribution in [0.3, 0.4) is 0 Å². The van der Waals surface area contributed by atoms with E-state index in [-0.39, 0.29) is 17.5 Å². The number of carbonyl (C=O) groups excluding carboxylic acids is 1. The van der Waals surface area contributed by atoms with Gasteiger partial charge in [0.1, 0.15) is 0 Å². The van der Waals surface area contributed by atoms with Crippen molar-refractivity contribution in [2.45, 2.75) is 25.1 Å². The summed E-state index contributed by atoms with van der Waals surface area (Å²) >= 11 is 0. The third-order valence-corrected chi connectivity index (χ3v) is 4.35. The summed E-state index contributed by atoms with van der Waals surface area (Å²) in [5, 5.41) is 0. The molecule has 1 heterocycles. The van der Waals surface area contributed by atoms with Crippen LogP contribution >= 0.6 is 0 Å². The zero-order valence-corrected chi connectivity index (χ0v) is 8.61. The van der Waals surface area contributed by atoms with E-state index in [9.17, 15) is 22.2 Å². The minimum atomic E-state index is -5.04. The van der Waals surface area contributed by atoms with Gasteiger partial charge in [-0.15, -0.1) is 0 Å². The number of alkyl halides is 3. The molecule has 1 saturated heterocycles. The van der Waals surface area contributed by atoms with Gasteiger partial charge in [-0.05, 0) is 12.8 Å². The minimum Gasteiger partial charge on any atom is -0.328 e. The summed E-state index contributed by atoms with van der Waals surface area (Å²) < 4.78 is 50.0. The molecule has 0 unspecified atom stereocenters. The zero-order chi connectivity index (χ0) is 11.7. The second-order valence-electron chi connectivity index (χ2n) is 3.41. The van der Waals surface area contributed by atoms with E-state index in [2.05, 4.69) is 4.36 Å². The van der Waals surface area contributed by atoms with Crippen LogP contribution < -0.4 is 5.73 Å². The van der Waals surface area contributed by atoms with Crippen molar-refractivity contribution in [1.29, 1.82) is 0 Å².